The first-order chi connectivity index (χ1) is 8.10. The van der Waals surface area contributed by atoms with Crippen LogP contribution in [-0.2, 0) is 28.7 Å². The minimum atomic E-state index is -2.48. The van der Waals surface area contributed by atoms with E-state index in [1.54, 1.807) is 0 Å². The second kappa shape index (κ2) is 2.80. The highest BCUT2D eigenvalue weighted by Gasteiger charge is 3.04. The van der Waals surface area contributed by atoms with E-state index in [2.05, 4.69) is 9.47 Å². The molecule has 0 aromatic carbocycles. The molecule has 3 fully saturated rings. The molecule has 0 amide bonds. The number of hydrogen-bond donors (Lipinski definition) is 0. The summed E-state index contributed by atoms with van der Waals surface area (Å²) >= 11 is 23.5. The van der Waals surface area contributed by atoms with Gasteiger partial charge in [-0.2, -0.15) is 0 Å². The fraction of sp³-hybridized carbons (Fsp3) is 0.500. The molecular weight excluding hydrogens is 334 g/mol. The van der Waals surface area contributed by atoms with Crippen LogP contribution in [0.5, 0.6) is 0 Å². The monoisotopic (exact) mass is 332 g/mol. The summed E-state index contributed by atoms with van der Waals surface area (Å²) in [5.41, 5.74) is 0. The first-order valence-corrected chi connectivity index (χ1v) is 5.90. The number of hydrogen-bond acceptors (Lipinski definition) is 6. The lowest BCUT2D eigenvalue weighted by atomic mass is 9.55. The third kappa shape index (κ3) is 0.708. The van der Waals surface area contributed by atoms with E-state index in [-0.39, 0.29) is 0 Å². The molecule has 2 aliphatic heterocycles. The summed E-state index contributed by atoms with van der Waals surface area (Å²) in [4.78, 5) is 36.5. The first kappa shape index (κ1) is 12.5. The van der Waals surface area contributed by atoms with Crippen LogP contribution < -0.4 is 0 Å². The Bertz CT molecular complexity index is 462. The van der Waals surface area contributed by atoms with Gasteiger partial charge in [0.05, 0.1) is 0 Å². The Kier molecular flexibility index (Phi) is 1.94. The standard InChI is InChI=1S/C8Cl4O6/c9-5-1(13)17-2(14)6(5,10)8(12)4(16)18-3(15)7(5,8)11. The van der Waals surface area contributed by atoms with E-state index in [1.807, 2.05) is 0 Å². The molecule has 0 atom stereocenters. The van der Waals surface area contributed by atoms with E-state index in [0.717, 1.165) is 0 Å². The summed E-state index contributed by atoms with van der Waals surface area (Å²) in [6.45, 7) is 0. The molecule has 3 aliphatic rings. The molecule has 0 aromatic rings. The van der Waals surface area contributed by atoms with Crippen LogP contribution >= 0.6 is 46.4 Å². The van der Waals surface area contributed by atoms with Crippen molar-refractivity contribution in [3.05, 3.63) is 0 Å². The maximum atomic E-state index is 11.6. The number of alkyl halides is 4. The number of fused-ring (bicyclic) bond motifs is 4. The molecule has 96 valence electrons. The van der Waals surface area contributed by atoms with Crippen molar-refractivity contribution < 1.29 is 28.7 Å². The summed E-state index contributed by atoms with van der Waals surface area (Å²) in [7, 11) is 0. The van der Waals surface area contributed by atoms with E-state index < -0.39 is 43.4 Å². The van der Waals surface area contributed by atoms with E-state index in [0.29, 0.717) is 0 Å². The zero-order valence-corrected chi connectivity index (χ0v) is 11.0. The van der Waals surface area contributed by atoms with Crippen molar-refractivity contribution in [2.45, 2.75) is 19.5 Å². The summed E-state index contributed by atoms with van der Waals surface area (Å²) in [5, 5.41) is 0. The van der Waals surface area contributed by atoms with Crippen LogP contribution in [0.15, 0.2) is 0 Å². The van der Waals surface area contributed by atoms with Crippen molar-refractivity contribution in [3.63, 3.8) is 0 Å². The van der Waals surface area contributed by atoms with Gasteiger partial charge in [0.1, 0.15) is 0 Å². The van der Waals surface area contributed by atoms with Crippen molar-refractivity contribution in [1.29, 1.82) is 0 Å². The highest BCUT2D eigenvalue weighted by atomic mass is 35.5. The molecule has 0 bridgehead atoms. The highest BCUT2D eigenvalue weighted by Crippen LogP contribution is 2.76. The van der Waals surface area contributed by atoms with Gasteiger partial charge in [0.25, 0.3) is 0 Å². The average Bonchev–Trinajstić information content (AvgIpc) is 2.57. The lowest BCUT2D eigenvalue weighted by Crippen LogP contribution is -2.89. The maximum absolute atomic E-state index is 11.6. The molecule has 0 spiro atoms. The van der Waals surface area contributed by atoms with Crippen LogP contribution in [0.1, 0.15) is 0 Å². The number of rotatable bonds is 0. The van der Waals surface area contributed by atoms with Gasteiger partial charge < -0.3 is 9.47 Å². The summed E-state index contributed by atoms with van der Waals surface area (Å²) in [5.74, 6) is -5.38. The van der Waals surface area contributed by atoms with Crippen LogP contribution in [0.4, 0.5) is 0 Å². The van der Waals surface area contributed by atoms with Crippen LogP contribution in [0.2, 0.25) is 0 Å². The number of esters is 4. The maximum Gasteiger partial charge on any atom is 0.340 e. The van der Waals surface area contributed by atoms with Gasteiger partial charge in [0.2, 0.25) is 19.5 Å². The van der Waals surface area contributed by atoms with E-state index >= 15 is 0 Å². The number of cyclic esters (lactones) is 4. The van der Waals surface area contributed by atoms with Gasteiger partial charge in [-0.25, -0.2) is 19.2 Å². The number of ether oxygens (including phenoxy) is 2. The van der Waals surface area contributed by atoms with Gasteiger partial charge >= 0.3 is 23.9 Å². The minimum Gasteiger partial charge on any atom is -0.390 e. The number of halogens is 4. The first-order valence-electron chi connectivity index (χ1n) is 4.39. The molecule has 3 rings (SSSR count). The number of carbonyl (C=O) groups excluding carboxylic acids is 4. The molecule has 6 nitrogen and oxygen atoms in total. The molecule has 1 aliphatic carbocycles. The highest BCUT2D eigenvalue weighted by molar-refractivity contribution is 6.71. The Hall–Kier alpha value is -0.560. The van der Waals surface area contributed by atoms with Crippen LogP contribution in [-0.4, -0.2) is 43.4 Å². The van der Waals surface area contributed by atoms with Gasteiger partial charge in [-0.3, -0.25) is 0 Å². The van der Waals surface area contributed by atoms with E-state index in [9.17, 15) is 19.2 Å². The fourth-order valence-corrected chi connectivity index (χ4v) is 4.56. The average molecular weight is 334 g/mol. The Morgan fingerprint density at radius 2 is 0.722 bits per heavy atom. The Balaban J connectivity index is 2.38. The number of carbonyl (C=O) groups is 4. The Morgan fingerprint density at radius 3 is 0.889 bits per heavy atom. The molecule has 0 radical (unpaired) electrons. The molecule has 0 unspecified atom stereocenters. The van der Waals surface area contributed by atoms with Crippen LogP contribution in [0.3, 0.4) is 0 Å². The summed E-state index contributed by atoms with van der Waals surface area (Å²) < 4.78 is 8.49. The molecule has 1 saturated carbocycles. The van der Waals surface area contributed by atoms with Crippen molar-refractivity contribution in [2.24, 2.45) is 0 Å². The second-order valence-electron chi connectivity index (χ2n) is 3.99. The lowest BCUT2D eigenvalue weighted by Gasteiger charge is -2.57. The van der Waals surface area contributed by atoms with E-state index in [4.69, 9.17) is 46.4 Å². The Labute approximate surface area is 118 Å². The largest absolute Gasteiger partial charge is 0.390 e. The molecular formula is C8Cl4O6. The van der Waals surface area contributed by atoms with Gasteiger partial charge in [-0.15, -0.1) is 46.4 Å². The third-order valence-corrected chi connectivity index (χ3v) is 6.67. The van der Waals surface area contributed by atoms with Crippen molar-refractivity contribution in [2.75, 3.05) is 0 Å². The van der Waals surface area contributed by atoms with Crippen molar-refractivity contribution >= 4 is 70.3 Å². The predicted molar refractivity (Wildman–Crippen MR) is 56.5 cm³/mol. The SMILES string of the molecule is O=C1OC(=O)C2(Cl)C1(Cl)C1(Cl)C(=O)OC(=O)C21Cl. The molecule has 0 aromatic heterocycles. The fourth-order valence-electron chi connectivity index (χ4n) is 2.46. The van der Waals surface area contributed by atoms with Crippen molar-refractivity contribution in [1.82, 2.24) is 0 Å². The minimum absolute atomic E-state index is 1.35. The smallest absolute Gasteiger partial charge is 0.340 e. The molecule has 2 saturated heterocycles. The predicted octanol–water partition coefficient (Wildman–Crippen LogP) is 0.0772. The summed E-state index contributed by atoms with van der Waals surface area (Å²) in [6, 6.07) is 0. The molecule has 0 N–H and O–H groups in total. The zero-order chi connectivity index (χ0) is 13.7. The van der Waals surface area contributed by atoms with Gasteiger partial charge in [0.15, 0.2) is 0 Å². The Morgan fingerprint density at radius 1 is 0.556 bits per heavy atom. The van der Waals surface area contributed by atoms with E-state index in [1.165, 1.54) is 0 Å². The molecule has 18 heavy (non-hydrogen) atoms. The van der Waals surface area contributed by atoms with Gasteiger partial charge in [-0.05, 0) is 0 Å². The normalized spacial score (nSPS) is 53.6. The molecule has 2 heterocycles. The van der Waals surface area contributed by atoms with Crippen molar-refractivity contribution in [3.8, 4) is 0 Å². The lowest BCUT2D eigenvalue weighted by molar-refractivity contribution is -0.157. The second-order valence-corrected chi connectivity index (χ2v) is 6.26. The van der Waals surface area contributed by atoms with Gasteiger partial charge in [-0.1, -0.05) is 0 Å². The zero-order valence-electron chi connectivity index (χ0n) is 7.96. The van der Waals surface area contributed by atoms with Crippen LogP contribution in [0.25, 0.3) is 0 Å². The quantitative estimate of drug-likeness (QED) is 0.354. The summed E-state index contributed by atoms with van der Waals surface area (Å²) in [6.07, 6.45) is 0. The topological polar surface area (TPSA) is 86.7 Å². The molecule has 10 heteroatoms. The van der Waals surface area contributed by atoms with Crippen LogP contribution in [0, 0.1) is 0 Å². The van der Waals surface area contributed by atoms with Gasteiger partial charge in [0, 0.05) is 0 Å². The third-order valence-electron chi connectivity index (χ3n) is 3.39.